The Morgan fingerprint density at radius 2 is 1.89 bits per heavy atom. The molecule has 0 spiro atoms. The monoisotopic (exact) mass is 385 g/mol. The van der Waals surface area contributed by atoms with E-state index in [-0.39, 0.29) is 17.6 Å². The number of carbonyl (C=O) groups is 2. The van der Waals surface area contributed by atoms with Gasteiger partial charge in [-0.15, -0.1) is 0 Å². The molecule has 1 aliphatic carbocycles. The summed E-state index contributed by atoms with van der Waals surface area (Å²) in [5.41, 5.74) is 3.50. The number of Topliss-reactive ketones (excluding diaryl/α,β-unsaturated/α-hetero) is 1. The second-order valence-corrected chi connectivity index (χ2v) is 7.61. The topological polar surface area (TPSA) is 77.6 Å². The van der Waals surface area contributed by atoms with Crippen molar-refractivity contribution in [3.8, 4) is 11.5 Å². The first-order chi connectivity index (χ1) is 13.3. The van der Waals surface area contributed by atoms with Crippen molar-refractivity contribution in [3.05, 3.63) is 46.3 Å². The van der Waals surface area contributed by atoms with Crippen molar-refractivity contribution in [3.63, 3.8) is 0 Å². The lowest BCUT2D eigenvalue weighted by Crippen LogP contribution is -2.18. The first-order valence-corrected chi connectivity index (χ1v) is 9.49. The van der Waals surface area contributed by atoms with E-state index >= 15 is 0 Å². The highest BCUT2D eigenvalue weighted by molar-refractivity contribution is 6.03. The summed E-state index contributed by atoms with van der Waals surface area (Å²) in [7, 11) is 3.19. The molecule has 0 saturated carbocycles. The number of fused-ring (bicyclic) bond motifs is 1. The normalized spacial score (nSPS) is 16.1. The molecule has 1 aromatic carbocycles. The van der Waals surface area contributed by atoms with Gasteiger partial charge in [-0.1, -0.05) is 19.9 Å². The Bertz CT molecular complexity index is 897. The van der Waals surface area contributed by atoms with Gasteiger partial charge in [0.15, 0.2) is 17.3 Å². The Labute approximate surface area is 165 Å². The largest absolute Gasteiger partial charge is 0.493 e. The van der Waals surface area contributed by atoms with Gasteiger partial charge < -0.3 is 19.2 Å². The van der Waals surface area contributed by atoms with Gasteiger partial charge in [-0.2, -0.15) is 0 Å². The van der Waals surface area contributed by atoms with E-state index in [0.717, 1.165) is 11.3 Å². The third-order valence-electron chi connectivity index (χ3n) is 5.12. The SMILES string of the molecule is COc1ccc([C@@H]2CC(=O)c3c([nH]c(C(=O)OCC(C)C)c3C)C2)cc1OC. The maximum Gasteiger partial charge on any atom is 0.355 e. The van der Waals surface area contributed by atoms with Gasteiger partial charge in [0.05, 0.1) is 20.8 Å². The maximum atomic E-state index is 12.8. The van der Waals surface area contributed by atoms with Crippen LogP contribution in [-0.4, -0.2) is 37.6 Å². The molecule has 28 heavy (non-hydrogen) atoms. The summed E-state index contributed by atoms with van der Waals surface area (Å²) in [5.74, 6) is 1.19. The Morgan fingerprint density at radius 3 is 2.54 bits per heavy atom. The maximum absolute atomic E-state index is 12.8. The fourth-order valence-electron chi connectivity index (χ4n) is 3.69. The Balaban J connectivity index is 1.88. The molecule has 0 saturated heterocycles. The van der Waals surface area contributed by atoms with Crippen LogP contribution in [0.25, 0.3) is 0 Å². The molecular formula is C22H27NO5. The van der Waals surface area contributed by atoms with Crippen LogP contribution in [-0.2, 0) is 11.2 Å². The average Bonchev–Trinajstić information content (AvgIpc) is 3.02. The Kier molecular flexibility index (Phi) is 5.77. The minimum absolute atomic E-state index is 0.0115. The van der Waals surface area contributed by atoms with Gasteiger partial charge in [-0.05, 0) is 48.4 Å². The number of rotatable bonds is 6. The number of benzene rings is 1. The van der Waals surface area contributed by atoms with Crippen LogP contribution in [0.2, 0.25) is 0 Å². The van der Waals surface area contributed by atoms with Gasteiger partial charge >= 0.3 is 5.97 Å². The van der Waals surface area contributed by atoms with E-state index in [1.165, 1.54) is 0 Å². The third kappa shape index (κ3) is 3.77. The zero-order valence-electron chi connectivity index (χ0n) is 17.0. The van der Waals surface area contributed by atoms with Gasteiger partial charge in [0.2, 0.25) is 0 Å². The summed E-state index contributed by atoms with van der Waals surface area (Å²) in [6, 6.07) is 5.72. The van der Waals surface area contributed by atoms with E-state index in [4.69, 9.17) is 14.2 Å². The highest BCUT2D eigenvalue weighted by Crippen LogP contribution is 2.38. The van der Waals surface area contributed by atoms with Gasteiger partial charge in [0.1, 0.15) is 5.69 Å². The lowest BCUT2D eigenvalue weighted by molar-refractivity contribution is 0.0451. The van der Waals surface area contributed by atoms with E-state index in [2.05, 4.69) is 4.98 Å². The zero-order valence-corrected chi connectivity index (χ0v) is 17.0. The molecule has 0 bridgehead atoms. The molecule has 6 nitrogen and oxygen atoms in total. The number of carbonyl (C=O) groups excluding carboxylic acids is 2. The Morgan fingerprint density at radius 1 is 1.18 bits per heavy atom. The van der Waals surface area contributed by atoms with Crippen LogP contribution in [0.1, 0.15) is 63.9 Å². The minimum atomic E-state index is -0.406. The molecule has 0 radical (unpaired) electrons. The second-order valence-electron chi connectivity index (χ2n) is 7.61. The number of H-pyrrole nitrogens is 1. The van der Waals surface area contributed by atoms with E-state index in [1.54, 1.807) is 21.1 Å². The second kappa shape index (κ2) is 8.09. The predicted octanol–water partition coefficient (Wildman–Crippen LogP) is 4.07. The lowest BCUT2D eigenvalue weighted by Gasteiger charge is -2.23. The standard InChI is InChI=1S/C22H27NO5/c1-12(2)11-28-22(25)21-13(3)20-16(23-21)8-15(9-17(20)24)14-6-7-18(26-4)19(10-14)27-5/h6-7,10,12,15,23H,8-9,11H2,1-5H3/t15-/m0/s1. The highest BCUT2D eigenvalue weighted by atomic mass is 16.5. The van der Waals surface area contributed by atoms with E-state index < -0.39 is 5.97 Å². The molecule has 150 valence electrons. The van der Waals surface area contributed by atoms with Crippen molar-refractivity contribution in [1.82, 2.24) is 4.98 Å². The van der Waals surface area contributed by atoms with Crippen molar-refractivity contribution in [2.45, 2.75) is 39.5 Å². The van der Waals surface area contributed by atoms with E-state index in [1.807, 2.05) is 32.0 Å². The minimum Gasteiger partial charge on any atom is -0.493 e. The van der Waals surface area contributed by atoms with Crippen molar-refractivity contribution >= 4 is 11.8 Å². The van der Waals surface area contributed by atoms with Crippen LogP contribution >= 0.6 is 0 Å². The smallest absolute Gasteiger partial charge is 0.355 e. The molecule has 2 aromatic rings. The number of aromatic nitrogens is 1. The number of ketones is 1. The fraction of sp³-hybridized carbons (Fsp3) is 0.455. The van der Waals surface area contributed by atoms with Crippen LogP contribution in [0.4, 0.5) is 0 Å². The summed E-state index contributed by atoms with van der Waals surface area (Å²) < 4.78 is 16.0. The molecule has 0 aliphatic heterocycles. The van der Waals surface area contributed by atoms with Crippen molar-refractivity contribution < 1.29 is 23.8 Å². The summed E-state index contributed by atoms with van der Waals surface area (Å²) in [6.45, 7) is 6.12. The molecule has 1 atom stereocenters. The predicted molar refractivity (Wildman–Crippen MR) is 106 cm³/mol. The number of hydrogen-bond donors (Lipinski definition) is 1. The molecule has 6 heteroatoms. The van der Waals surface area contributed by atoms with Gasteiger partial charge in [0.25, 0.3) is 0 Å². The number of methoxy groups -OCH3 is 2. The third-order valence-corrected chi connectivity index (χ3v) is 5.12. The molecular weight excluding hydrogens is 358 g/mol. The zero-order chi connectivity index (χ0) is 20.4. The van der Waals surface area contributed by atoms with Crippen molar-refractivity contribution in [2.24, 2.45) is 5.92 Å². The lowest BCUT2D eigenvalue weighted by atomic mass is 9.81. The average molecular weight is 385 g/mol. The van der Waals surface area contributed by atoms with Gasteiger partial charge in [0, 0.05) is 17.7 Å². The van der Waals surface area contributed by atoms with Gasteiger partial charge in [-0.3, -0.25) is 4.79 Å². The molecule has 1 heterocycles. The first-order valence-electron chi connectivity index (χ1n) is 9.49. The summed E-state index contributed by atoms with van der Waals surface area (Å²) in [5, 5.41) is 0. The highest BCUT2D eigenvalue weighted by Gasteiger charge is 2.32. The van der Waals surface area contributed by atoms with Crippen LogP contribution in [0.15, 0.2) is 18.2 Å². The molecule has 1 aromatic heterocycles. The van der Waals surface area contributed by atoms with E-state index in [9.17, 15) is 9.59 Å². The van der Waals surface area contributed by atoms with Crippen LogP contribution in [0.3, 0.4) is 0 Å². The van der Waals surface area contributed by atoms with Crippen LogP contribution in [0.5, 0.6) is 11.5 Å². The summed E-state index contributed by atoms with van der Waals surface area (Å²) in [6.07, 6.45) is 1.04. The number of ether oxygens (including phenoxy) is 3. The number of aromatic amines is 1. The molecule has 0 fully saturated rings. The number of nitrogens with one attached hydrogen (secondary N) is 1. The van der Waals surface area contributed by atoms with E-state index in [0.29, 0.717) is 47.8 Å². The number of esters is 1. The van der Waals surface area contributed by atoms with Crippen LogP contribution in [0, 0.1) is 12.8 Å². The fourth-order valence-corrected chi connectivity index (χ4v) is 3.69. The number of hydrogen-bond acceptors (Lipinski definition) is 5. The molecule has 0 amide bonds. The molecule has 1 N–H and O–H groups in total. The van der Waals surface area contributed by atoms with Crippen molar-refractivity contribution in [1.29, 1.82) is 0 Å². The molecule has 3 rings (SSSR count). The quantitative estimate of drug-likeness (QED) is 0.759. The Hall–Kier alpha value is -2.76. The van der Waals surface area contributed by atoms with Gasteiger partial charge in [-0.25, -0.2) is 4.79 Å². The summed E-state index contributed by atoms with van der Waals surface area (Å²) >= 11 is 0. The summed E-state index contributed by atoms with van der Waals surface area (Å²) in [4.78, 5) is 28.4. The molecule has 0 unspecified atom stereocenters. The van der Waals surface area contributed by atoms with Crippen LogP contribution < -0.4 is 9.47 Å². The molecule has 1 aliphatic rings. The van der Waals surface area contributed by atoms with Crippen molar-refractivity contribution in [2.75, 3.05) is 20.8 Å². The first kappa shape index (κ1) is 20.0.